The first-order valence-corrected chi connectivity index (χ1v) is 7.96. The molecule has 0 unspecified atom stereocenters. The Morgan fingerprint density at radius 1 is 1.04 bits per heavy atom. The molecule has 0 aliphatic heterocycles. The molecule has 0 heterocycles. The Morgan fingerprint density at radius 3 is 1.92 bits per heavy atom. The highest BCUT2D eigenvalue weighted by molar-refractivity contribution is 6.03. The number of halogens is 1. The van der Waals surface area contributed by atoms with Crippen molar-refractivity contribution in [2.24, 2.45) is 9.98 Å². The molecule has 1 aromatic rings. The highest BCUT2D eigenvalue weighted by atomic mass is 35.5. The molecule has 0 atom stereocenters. The largest absolute Gasteiger partial charge is 0.465 e. The van der Waals surface area contributed by atoms with Crippen LogP contribution in [0.15, 0.2) is 34.3 Å². The summed E-state index contributed by atoms with van der Waals surface area (Å²) in [6.45, 7) is 4.67. The number of carbonyl (C=O) groups is 2. The molecule has 26 heavy (non-hydrogen) atoms. The molecule has 7 nitrogen and oxygen atoms in total. The maximum Gasteiger partial charge on any atom is 0.338 e. The SMILES string of the molecule is CCN=C=NCCCN(C)C.COC(=O)c1ccccc1C(=O)OC.Cl. The Morgan fingerprint density at radius 2 is 1.54 bits per heavy atom. The second-order valence-electron chi connectivity index (χ2n) is 5.14. The Bertz CT molecular complexity index is 565. The van der Waals surface area contributed by atoms with Gasteiger partial charge in [0.05, 0.1) is 37.9 Å². The second kappa shape index (κ2) is 16.3. The van der Waals surface area contributed by atoms with Crippen LogP contribution in [0.1, 0.15) is 34.1 Å². The van der Waals surface area contributed by atoms with Crippen LogP contribution < -0.4 is 0 Å². The first-order valence-electron chi connectivity index (χ1n) is 7.96. The Hall–Kier alpha value is -2.21. The van der Waals surface area contributed by atoms with Crippen molar-refractivity contribution < 1.29 is 19.1 Å². The molecule has 8 heteroatoms. The van der Waals surface area contributed by atoms with Gasteiger partial charge in [0.15, 0.2) is 0 Å². The molecule has 0 saturated heterocycles. The van der Waals surface area contributed by atoms with Crippen LogP contribution in [0.5, 0.6) is 0 Å². The van der Waals surface area contributed by atoms with Gasteiger partial charge in [0.2, 0.25) is 0 Å². The predicted octanol–water partition coefficient (Wildman–Crippen LogP) is 2.81. The molecule has 0 fully saturated rings. The van der Waals surface area contributed by atoms with E-state index in [1.54, 1.807) is 12.1 Å². The number of esters is 2. The maximum absolute atomic E-state index is 11.2. The summed E-state index contributed by atoms with van der Waals surface area (Å²) >= 11 is 0. The molecule has 0 aliphatic rings. The molecular weight excluding hydrogens is 358 g/mol. The molecule has 0 aliphatic carbocycles. The number of carbonyl (C=O) groups excluding carboxylic acids is 2. The zero-order chi connectivity index (χ0) is 19.1. The average molecular weight is 386 g/mol. The minimum Gasteiger partial charge on any atom is -0.465 e. The van der Waals surface area contributed by atoms with Crippen LogP contribution in [0.2, 0.25) is 0 Å². The fourth-order valence-corrected chi connectivity index (χ4v) is 1.70. The summed E-state index contributed by atoms with van der Waals surface area (Å²) in [6.07, 6.45) is 1.08. The van der Waals surface area contributed by atoms with Crippen molar-refractivity contribution in [1.29, 1.82) is 0 Å². The van der Waals surface area contributed by atoms with E-state index in [4.69, 9.17) is 0 Å². The third kappa shape index (κ3) is 11.4. The maximum atomic E-state index is 11.2. The van der Waals surface area contributed by atoms with Crippen LogP contribution in [0.25, 0.3) is 0 Å². The Kier molecular flexibility index (Phi) is 16.3. The summed E-state index contributed by atoms with van der Waals surface area (Å²) in [5.41, 5.74) is 0.420. The van der Waals surface area contributed by atoms with E-state index in [0.717, 1.165) is 26.1 Å². The third-order valence-corrected chi connectivity index (χ3v) is 2.91. The zero-order valence-electron chi connectivity index (χ0n) is 16.0. The van der Waals surface area contributed by atoms with E-state index in [0.29, 0.717) is 0 Å². The quantitative estimate of drug-likeness (QED) is 0.409. The van der Waals surface area contributed by atoms with E-state index < -0.39 is 11.9 Å². The van der Waals surface area contributed by atoms with Gasteiger partial charge in [0.1, 0.15) is 0 Å². The van der Waals surface area contributed by atoms with E-state index in [-0.39, 0.29) is 23.5 Å². The highest BCUT2D eigenvalue weighted by Gasteiger charge is 2.16. The van der Waals surface area contributed by atoms with Crippen molar-refractivity contribution in [2.45, 2.75) is 13.3 Å². The number of benzene rings is 1. The number of rotatable bonds is 7. The lowest BCUT2D eigenvalue weighted by Crippen LogP contribution is -2.13. The van der Waals surface area contributed by atoms with E-state index in [1.165, 1.54) is 26.4 Å². The molecule has 0 amide bonds. The van der Waals surface area contributed by atoms with Crippen LogP contribution in [0.3, 0.4) is 0 Å². The van der Waals surface area contributed by atoms with Gasteiger partial charge in [-0.2, -0.15) is 0 Å². The third-order valence-electron chi connectivity index (χ3n) is 2.91. The lowest BCUT2D eigenvalue weighted by Gasteiger charge is -2.05. The van der Waals surface area contributed by atoms with Crippen LogP contribution in [0.4, 0.5) is 0 Å². The number of methoxy groups -OCH3 is 2. The summed E-state index contributed by atoms with van der Waals surface area (Å²) in [5.74, 6) is -1.10. The van der Waals surface area contributed by atoms with Crippen molar-refractivity contribution in [3.63, 3.8) is 0 Å². The van der Waals surface area contributed by atoms with Crippen molar-refractivity contribution in [2.75, 3.05) is 47.9 Å². The molecule has 0 aromatic heterocycles. The fraction of sp³-hybridized carbons (Fsp3) is 0.500. The van der Waals surface area contributed by atoms with Crippen molar-refractivity contribution in [3.8, 4) is 0 Å². The van der Waals surface area contributed by atoms with E-state index in [2.05, 4.69) is 44.5 Å². The van der Waals surface area contributed by atoms with Gasteiger partial charge in [-0.25, -0.2) is 19.6 Å². The number of aliphatic imine (C=N–C) groups is 2. The Balaban J connectivity index is 0. The molecule has 0 bridgehead atoms. The lowest BCUT2D eigenvalue weighted by atomic mass is 10.1. The predicted molar refractivity (Wildman–Crippen MR) is 105 cm³/mol. The van der Waals surface area contributed by atoms with E-state index >= 15 is 0 Å². The van der Waals surface area contributed by atoms with Gasteiger partial charge in [0, 0.05) is 6.54 Å². The van der Waals surface area contributed by atoms with Gasteiger partial charge < -0.3 is 14.4 Å². The zero-order valence-corrected chi connectivity index (χ0v) is 16.8. The molecule has 0 N–H and O–H groups in total. The smallest absolute Gasteiger partial charge is 0.338 e. The van der Waals surface area contributed by atoms with Crippen molar-refractivity contribution >= 4 is 30.4 Å². The summed E-state index contributed by atoms with van der Waals surface area (Å²) < 4.78 is 9.05. The van der Waals surface area contributed by atoms with Crippen LogP contribution in [0, 0.1) is 0 Å². The normalized spacial score (nSPS) is 9.00. The van der Waals surface area contributed by atoms with E-state index in [9.17, 15) is 9.59 Å². The van der Waals surface area contributed by atoms with Crippen molar-refractivity contribution in [1.82, 2.24) is 4.90 Å². The number of hydrogen-bond donors (Lipinski definition) is 0. The Labute approximate surface area is 161 Å². The molecular formula is C18H28ClN3O4. The first kappa shape index (κ1) is 26.0. The molecule has 1 rings (SSSR count). The summed E-state index contributed by atoms with van der Waals surface area (Å²) in [7, 11) is 6.64. The summed E-state index contributed by atoms with van der Waals surface area (Å²) in [5, 5.41) is 0. The standard InChI is InChI=1S/C10H10O4.C8H17N3.ClH/c1-13-9(11)7-5-3-4-6-8(7)10(12)14-2;1-4-9-8-10-6-5-7-11(2)3;/h3-6H,1-2H3;4-7H2,1-3H3;1H. The monoisotopic (exact) mass is 385 g/mol. The van der Waals surface area contributed by atoms with Gasteiger partial charge in [-0.05, 0) is 46.1 Å². The molecule has 0 spiro atoms. The van der Waals surface area contributed by atoms with Gasteiger partial charge in [-0.3, -0.25) is 0 Å². The summed E-state index contributed by atoms with van der Waals surface area (Å²) in [4.78, 5) is 32.4. The molecule has 1 aromatic carbocycles. The lowest BCUT2D eigenvalue weighted by molar-refractivity contribution is 0.0555. The van der Waals surface area contributed by atoms with Crippen LogP contribution in [-0.4, -0.2) is 70.8 Å². The minimum absolute atomic E-state index is 0. The number of hydrogen-bond acceptors (Lipinski definition) is 7. The topological polar surface area (TPSA) is 80.6 Å². The van der Waals surface area contributed by atoms with Crippen LogP contribution >= 0.6 is 12.4 Å². The second-order valence-corrected chi connectivity index (χ2v) is 5.14. The molecule has 0 radical (unpaired) electrons. The van der Waals surface area contributed by atoms with Gasteiger partial charge in [-0.15, -0.1) is 12.4 Å². The van der Waals surface area contributed by atoms with Crippen LogP contribution in [-0.2, 0) is 9.47 Å². The molecule has 146 valence electrons. The van der Waals surface area contributed by atoms with Gasteiger partial charge in [-0.1, -0.05) is 12.1 Å². The highest BCUT2D eigenvalue weighted by Crippen LogP contribution is 2.10. The summed E-state index contributed by atoms with van der Waals surface area (Å²) in [6, 6.07) is 8.97. The average Bonchev–Trinajstić information content (AvgIpc) is 2.63. The minimum atomic E-state index is -0.550. The van der Waals surface area contributed by atoms with Gasteiger partial charge >= 0.3 is 11.9 Å². The number of nitrogens with zero attached hydrogens (tertiary/aromatic N) is 3. The number of ether oxygens (including phenoxy) is 2. The first-order chi connectivity index (χ1) is 12.0. The fourth-order valence-electron chi connectivity index (χ4n) is 1.70. The van der Waals surface area contributed by atoms with Gasteiger partial charge in [0.25, 0.3) is 0 Å². The molecule has 0 saturated carbocycles. The van der Waals surface area contributed by atoms with Crippen molar-refractivity contribution in [3.05, 3.63) is 35.4 Å². The van der Waals surface area contributed by atoms with E-state index in [1.807, 2.05) is 6.92 Å².